The molecule has 1 aromatic carbocycles. The Balaban J connectivity index is 0.00000242. The molecule has 0 spiro atoms. The second-order valence-corrected chi connectivity index (χ2v) is 6.21. The van der Waals surface area contributed by atoms with Crippen LogP contribution in [-0.2, 0) is 17.9 Å². The van der Waals surface area contributed by atoms with E-state index in [4.69, 9.17) is 5.73 Å². The number of nitrogens with one attached hydrogen (secondary N) is 1. The molecule has 0 aromatic heterocycles. The summed E-state index contributed by atoms with van der Waals surface area (Å²) in [6.07, 6.45) is 3.50. The Hall–Kier alpha value is -0.880. The fourth-order valence-corrected chi connectivity index (χ4v) is 2.79. The summed E-state index contributed by atoms with van der Waals surface area (Å²) in [5, 5.41) is 2.88. The third kappa shape index (κ3) is 5.92. The molecule has 1 aliphatic carbocycles. The van der Waals surface area contributed by atoms with E-state index in [-0.39, 0.29) is 36.5 Å². The van der Waals surface area contributed by atoms with E-state index in [2.05, 4.69) is 5.32 Å². The van der Waals surface area contributed by atoms with Crippen molar-refractivity contribution < 1.29 is 9.18 Å². The molecule has 1 saturated carbocycles. The van der Waals surface area contributed by atoms with Crippen LogP contribution in [0.25, 0.3) is 0 Å². The van der Waals surface area contributed by atoms with Gasteiger partial charge in [-0.3, -0.25) is 4.79 Å². The molecule has 132 valence electrons. The summed E-state index contributed by atoms with van der Waals surface area (Å²) in [4.78, 5) is 14.1. The normalized spacial score (nSPS) is 15.7. The van der Waals surface area contributed by atoms with Crippen LogP contribution in [0.4, 0.5) is 4.39 Å². The Labute approximate surface area is 149 Å². The number of hydrogen-bond donors (Lipinski definition) is 2. The summed E-state index contributed by atoms with van der Waals surface area (Å²) in [6.45, 7) is 0.924. The van der Waals surface area contributed by atoms with Gasteiger partial charge in [-0.1, -0.05) is 18.9 Å². The molecule has 2 rings (SSSR count). The standard InChI is InChI=1S/C16H24FN3O.2ClH/c1-20(2)11-13-9-12(5-6-14(13)17)10-19-15(21)16(18)7-3-4-8-16;;/h5-6,9H,3-4,7-8,10-11,18H2,1-2H3,(H,19,21);2*1H. The van der Waals surface area contributed by atoms with Gasteiger partial charge in [0.15, 0.2) is 0 Å². The van der Waals surface area contributed by atoms with Crippen molar-refractivity contribution in [2.75, 3.05) is 14.1 Å². The Morgan fingerprint density at radius 1 is 1.30 bits per heavy atom. The molecule has 1 aliphatic rings. The van der Waals surface area contributed by atoms with E-state index in [1.165, 1.54) is 6.07 Å². The minimum Gasteiger partial charge on any atom is -0.350 e. The summed E-state index contributed by atoms with van der Waals surface area (Å²) in [7, 11) is 3.79. The van der Waals surface area contributed by atoms with Gasteiger partial charge in [0.1, 0.15) is 5.82 Å². The van der Waals surface area contributed by atoms with Crippen molar-refractivity contribution in [2.45, 2.75) is 44.3 Å². The molecule has 3 N–H and O–H groups in total. The van der Waals surface area contributed by atoms with Gasteiger partial charge in [0, 0.05) is 18.7 Å². The lowest BCUT2D eigenvalue weighted by molar-refractivity contribution is -0.126. The van der Waals surface area contributed by atoms with Crippen LogP contribution in [0.5, 0.6) is 0 Å². The van der Waals surface area contributed by atoms with Crippen LogP contribution in [0.15, 0.2) is 18.2 Å². The third-order valence-electron chi connectivity index (χ3n) is 4.00. The molecule has 1 aromatic rings. The molecule has 0 unspecified atom stereocenters. The van der Waals surface area contributed by atoms with Crippen molar-refractivity contribution in [1.82, 2.24) is 10.2 Å². The molecule has 0 atom stereocenters. The molecule has 7 heteroatoms. The fourth-order valence-electron chi connectivity index (χ4n) is 2.79. The molecule has 1 fully saturated rings. The lowest BCUT2D eigenvalue weighted by Gasteiger charge is -2.22. The second-order valence-electron chi connectivity index (χ2n) is 6.21. The first-order chi connectivity index (χ1) is 9.90. The van der Waals surface area contributed by atoms with E-state index in [1.807, 2.05) is 19.0 Å². The predicted molar refractivity (Wildman–Crippen MR) is 95.5 cm³/mol. The van der Waals surface area contributed by atoms with Crippen molar-refractivity contribution in [3.63, 3.8) is 0 Å². The minimum atomic E-state index is -0.716. The SMILES string of the molecule is CN(C)Cc1cc(CNC(=O)C2(N)CCCC2)ccc1F.Cl.Cl. The van der Waals surface area contributed by atoms with E-state index in [0.29, 0.717) is 18.7 Å². The van der Waals surface area contributed by atoms with Crippen molar-refractivity contribution in [3.05, 3.63) is 35.1 Å². The number of hydrogen-bond acceptors (Lipinski definition) is 3. The van der Waals surface area contributed by atoms with Crippen molar-refractivity contribution in [3.8, 4) is 0 Å². The van der Waals surface area contributed by atoms with Crippen molar-refractivity contribution in [1.29, 1.82) is 0 Å². The monoisotopic (exact) mass is 365 g/mol. The fraction of sp³-hybridized carbons (Fsp3) is 0.562. The highest BCUT2D eigenvalue weighted by Crippen LogP contribution is 2.27. The van der Waals surface area contributed by atoms with E-state index >= 15 is 0 Å². The number of benzene rings is 1. The zero-order valence-electron chi connectivity index (χ0n) is 13.6. The van der Waals surface area contributed by atoms with Gasteiger partial charge in [-0.05, 0) is 44.6 Å². The maximum atomic E-state index is 13.7. The van der Waals surface area contributed by atoms with E-state index in [1.54, 1.807) is 12.1 Å². The topological polar surface area (TPSA) is 58.4 Å². The van der Waals surface area contributed by atoms with Gasteiger partial charge >= 0.3 is 0 Å². The summed E-state index contributed by atoms with van der Waals surface area (Å²) >= 11 is 0. The van der Waals surface area contributed by atoms with E-state index in [0.717, 1.165) is 31.2 Å². The summed E-state index contributed by atoms with van der Waals surface area (Å²) in [5.74, 6) is -0.316. The van der Waals surface area contributed by atoms with Crippen LogP contribution in [0.2, 0.25) is 0 Å². The van der Waals surface area contributed by atoms with Crippen LogP contribution in [-0.4, -0.2) is 30.4 Å². The molecule has 0 radical (unpaired) electrons. The lowest BCUT2D eigenvalue weighted by Crippen LogP contribution is -2.51. The Bertz CT molecular complexity index is 520. The number of carbonyl (C=O) groups is 1. The molecule has 0 heterocycles. The number of halogens is 3. The summed E-state index contributed by atoms with van der Waals surface area (Å²) in [6, 6.07) is 4.95. The van der Waals surface area contributed by atoms with Crippen LogP contribution in [0.3, 0.4) is 0 Å². The smallest absolute Gasteiger partial charge is 0.240 e. The van der Waals surface area contributed by atoms with Gasteiger partial charge in [-0.15, -0.1) is 24.8 Å². The predicted octanol–water partition coefficient (Wildman–Crippen LogP) is 2.62. The van der Waals surface area contributed by atoms with Gasteiger partial charge in [0.25, 0.3) is 0 Å². The van der Waals surface area contributed by atoms with Gasteiger partial charge in [0.2, 0.25) is 5.91 Å². The molecule has 0 saturated heterocycles. The van der Waals surface area contributed by atoms with Gasteiger partial charge in [-0.25, -0.2) is 4.39 Å². The first kappa shape index (κ1) is 22.1. The molecule has 4 nitrogen and oxygen atoms in total. The quantitative estimate of drug-likeness (QED) is 0.842. The highest BCUT2D eigenvalue weighted by atomic mass is 35.5. The Morgan fingerprint density at radius 3 is 2.48 bits per heavy atom. The summed E-state index contributed by atoms with van der Waals surface area (Å²) in [5.41, 5.74) is 6.92. The molecular formula is C16H26Cl2FN3O. The Morgan fingerprint density at radius 2 is 1.91 bits per heavy atom. The van der Waals surface area contributed by atoms with Gasteiger partial charge in [-0.2, -0.15) is 0 Å². The highest BCUT2D eigenvalue weighted by Gasteiger charge is 2.36. The maximum Gasteiger partial charge on any atom is 0.240 e. The van der Waals surface area contributed by atoms with Crippen LogP contribution >= 0.6 is 24.8 Å². The average Bonchev–Trinajstić information content (AvgIpc) is 2.87. The zero-order valence-corrected chi connectivity index (χ0v) is 15.2. The van der Waals surface area contributed by atoms with Crippen LogP contribution < -0.4 is 11.1 Å². The zero-order chi connectivity index (χ0) is 15.5. The Kier molecular flexibility index (Phi) is 9.06. The lowest BCUT2D eigenvalue weighted by atomic mass is 9.98. The molecule has 23 heavy (non-hydrogen) atoms. The van der Waals surface area contributed by atoms with E-state index in [9.17, 15) is 9.18 Å². The highest BCUT2D eigenvalue weighted by molar-refractivity contribution is 5.86. The minimum absolute atomic E-state index is 0. The summed E-state index contributed by atoms with van der Waals surface area (Å²) < 4.78 is 13.7. The van der Waals surface area contributed by atoms with Crippen molar-refractivity contribution >= 4 is 30.7 Å². The first-order valence-corrected chi connectivity index (χ1v) is 7.40. The number of nitrogens with two attached hydrogens (primary N) is 1. The molecule has 1 amide bonds. The number of nitrogens with zero attached hydrogens (tertiary/aromatic N) is 1. The number of rotatable bonds is 5. The van der Waals surface area contributed by atoms with Crippen LogP contribution in [0, 0.1) is 5.82 Å². The van der Waals surface area contributed by atoms with Gasteiger partial charge in [0.05, 0.1) is 5.54 Å². The van der Waals surface area contributed by atoms with Crippen LogP contribution in [0.1, 0.15) is 36.8 Å². The van der Waals surface area contributed by atoms with Crippen molar-refractivity contribution in [2.24, 2.45) is 5.73 Å². The largest absolute Gasteiger partial charge is 0.350 e. The van der Waals surface area contributed by atoms with Gasteiger partial charge < -0.3 is 16.0 Å². The molecule has 0 bridgehead atoms. The molecule has 0 aliphatic heterocycles. The van der Waals surface area contributed by atoms with E-state index < -0.39 is 5.54 Å². The first-order valence-electron chi connectivity index (χ1n) is 7.40. The number of carbonyl (C=O) groups excluding carboxylic acids is 1. The third-order valence-corrected chi connectivity index (χ3v) is 4.00. The maximum absolute atomic E-state index is 13.7. The number of amides is 1. The second kappa shape index (κ2) is 9.42. The average molecular weight is 366 g/mol. The molecular weight excluding hydrogens is 340 g/mol.